The number of carbonyl (C=O) groups excluding carboxylic acids is 1. The van der Waals surface area contributed by atoms with Crippen molar-refractivity contribution < 1.29 is 9.21 Å². The fraction of sp³-hybridized carbons (Fsp3) is 0.643. The predicted molar refractivity (Wildman–Crippen MR) is 69.3 cm³/mol. The Bertz CT molecular complexity index is 391. The van der Waals surface area contributed by atoms with Crippen molar-refractivity contribution >= 4 is 5.91 Å². The SMILES string of the molecule is Cc1oc(C)c(C(=O)NCCCC(C)C)c1C. The summed E-state index contributed by atoms with van der Waals surface area (Å²) >= 11 is 0. The molecule has 0 saturated carbocycles. The van der Waals surface area contributed by atoms with E-state index in [2.05, 4.69) is 19.2 Å². The number of carbonyl (C=O) groups is 1. The first kappa shape index (κ1) is 13.8. The van der Waals surface area contributed by atoms with Gasteiger partial charge in [0.1, 0.15) is 11.5 Å². The summed E-state index contributed by atoms with van der Waals surface area (Å²) in [5.41, 5.74) is 1.65. The van der Waals surface area contributed by atoms with E-state index in [1.54, 1.807) is 0 Å². The highest BCUT2D eigenvalue weighted by Gasteiger charge is 2.17. The lowest BCUT2D eigenvalue weighted by atomic mass is 10.1. The molecule has 1 rings (SSSR count). The summed E-state index contributed by atoms with van der Waals surface area (Å²) in [4.78, 5) is 12.0. The van der Waals surface area contributed by atoms with Crippen molar-refractivity contribution in [2.24, 2.45) is 5.92 Å². The number of hydrogen-bond donors (Lipinski definition) is 1. The van der Waals surface area contributed by atoms with Gasteiger partial charge in [-0.15, -0.1) is 0 Å². The Morgan fingerprint density at radius 1 is 1.24 bits per heavy atom. The summed E-state index contributed by atoms with van der Waals surface area (Å²) < 4.78 is 5.45. The van der Waals surface area contributed by atoms with Gasteiger partial charge in [0.25, 0.3) is 5.91 Å². The third-order valence-electron chi connectivity index (χ3n) is 3.03. The molecule has 1 amide bonds. The van der Waals surface area contributed by atoms with Gasteiger partial charge in [0.15, 0.2) is 0 Å². The maximum absolute atomic E-state index is 12.0. The molecule has 3 nitrogen and oxygen atoms in total. The van der Waals surface area contributed by atoms with E-state index in [9.17, 15) is 4.79 Å². The van der Waals surface area contributed by atoms with E-state index in [4.69, 9.17) is 4.42 Å². The molecule has 0 saturated heterocycles. The Hall–Kier alpha value is -1.25. The van der Waals surface area contributed by atoms with Crippen LogP contribution in [0.15, 0.2) is 4.42 Å². The van der Waals surface area contributed by atoms with E-state index >= 15 is 0 Å². The van der Waals surface area contributed by atoms with Crippen LogP contribution >= 0.6 is 0 Å². The fourth-order valence-corrected chi connectivity index (χ4v) is 1.93. The molecule has 0 fully saturated rings. The molecule has 0 bridgehead atoms. The molecular weight excluding hydrogens is 214 g/mol. The summed E-state index contributed by atoms with van der Waals surface area (Å²) in [6.07, 6.45) is 2.17. The molecule has 96 valence electrons. The van der Waals surface area contributed by atoms with Crippen LogP contribution in [0.1, 0.15) is 54.1 Å². The van der Waals surface area contributed by atoms with E-state index in [1.165, 1.54) is 0 Å². The van der Waals surface area contributed by atoms with Gasteiger partial charge in [-0.2, -0.15) is 0 Å². The van der Waals surface area contributed by atoms with Crippen molar-refractivity contribution in [3.05, 3.63) is 22.6 Å². The first-order valence-corrected chi connectivity index (χ1v) is 6.28. The molecule has 1 N–H and O–H groups in total. The molecule has 0 aliphatic rings. The summed E-state index contributed by atoms with van der Waals surface area (Å²) in [7, 11) is 0. The van der Waals surface area contributed by atoms with Gasteiger partial charge in [-0.1, -0.05) is 13.8 Å². The minimum absolute atomic E-state index is 0.0133. The highest BCUT2D eigenvalue weighted by molar-refractivity contribution is 5.96. The molecule has 3 heteroatoms. The van der Waals surface area contributed by atoms with Crippen LogP contribution < -0.4 is 5.32 Å². The molecule has 1 aromatic heterocycles. The maximum Gasteiger partial charge on any atom is 0.255 e. The smallest absolute Gasteiger partial charge is 0.255 e. The number of nitrogens with one attached hydrogen (secondary N) is 1. The monoisotopic (exact) mass is 237 g/mol. The lowest BCUT2D eigenvalue weighted by molar-refractivity contribution is 0.0950. The Balaban J connectivity index is 2.53. The molecule has 0 atom stereocenters. The van der Waals surface area contributed by atoms with Crippen molar-refractivity contribution in [2.75, 3.05) is 6.54 Å². The Kier molecular flexibility index (Phi) is 4.79. The zero-order chi connectivity index (χ0) is 13.0. The van der Waals surface area contributed by atoms with Gasteiger partial charge < -0.3 is 9.73 Å². The molecule has 17 heavy (non-hydrogen) atoms. The molecular formula is C14H23NO2. The number of amides is 1. The average Bonchev–Trinajstić information content (AvgIpc) is 2.48. The van der Waals surface area contributed by atoms with Crippen LogP contribution in [0, 0.1) is 26.7 Å². The predicted octanol–water partition coefficient (Wildman–Crippen LogP) is 3.37. The van der Waals surface area contributed by atoms with Gasteiger partial charge in [0.05, 0.1) is 5.56 Å². The molecule has 0 aliphatic heterocycles. The molecule has 0 spiro atoms. The van der Waals surface area contributed by atoms with Crippen molar-refractivity contribution in [2.45, 2.75) is 47.5 Å². The zero-order valence-electron chi connectivity index (χ0n) is 11.5. The number of furan rings is 1. The van der Waals surface area contributed by atoms with Crippen LogP contribution in [0.5, 0.6) is 0 Å². The third kappa shape index (κ3) is 3.62. The van der Waals surface area contributed by atoms with Crippen LogP contribution in [-0.4, -0.2) is 12.5 Å². The van der Waals surface area contributed by atoms with Crippen molar-refractivity contribution in [3.8, 4) is 0 Å². The van der Waals surface area contributed by atoms with Crippen molar-refractivity contribution in [1.82, 2.24) is 5.32 Å². The first-order valence-electron chi connectivity index (χ1n) is 6.28. The van der Waals surface area contributed by atoms with Crippen LogP contribution in [-0.2, 0) is 0 Å². The van der Waals surface area contributed by atoms with Crippen LogP contribution in [0.4, 0.5) is 0 Å². The largest absolute Gasteiger partial charge is 0.466 e. The Morgan fingerprint density at radius 2 is 1.88 bits per heavy atom. The fourth-order valence-electron chi connectivity index (χ4n) is 1.93. The van der Waals surface area contributed by atoms with Gasteiger partial charge in [-0.05, 0) is 39.5 Å². The topological polar surface area (TPSA) is 42.2 Å². The van der Waals surface area contributed by atoms with E-state index in [1.807, 2.05) is 20.8 Å². The van der Waals surface area contributed by atoms with Gasteiger partial charge in [-0.25, -0.2) is 0 Å². The van der Waals surface area contributed by atoms with E-state index in [0.717, 1.165) is 30.7 Å². The van der Waals surface area contributed by atoms with Gasteiger partial charge in [-0.3, -0.25) is 4.79 Å². The van der Waals surface area contributed by atoms with Crippen molar-refractivity contribution in [3.63, 3.8) is 0 Å². The lowest BCUT2D eigenvalue weighted by Gasteiger charge is -2.06. The molecule has 0 radical (unpaired) electrons. The van der Waals surface area contributed by atoms with E-state index in [-0.39, 0.29) is 5.91 Å². The summed E-state index contributed by atoms with van der Waals surface area (Å²) in [6, 6.07) is 0. The second kappa shape index (κ2) is 5.89. The van der Waals surface area contributed by atoms with Gasteiger partial charge in [0.2, 0.25) is 0 Å². The maximum atomic E-state index is 12.0. The summed E-state index contributed by atoms with van der Waals surface area (Å²) in [6.45, 7) is 10.8. The van der Waals surface area contributed by atoms with Crippen LogP contribution in [0.3, 0.4) is 0 Å². The molecule has 0 aliphatic carbocycles. The van der Waals surface area contributed by atoms with Gasteiger partial charge in [0, 0.05) is 12.1 Å². The van der Waals surface area contributed by atoms with Crippen LogP contribution in [0.2, 0.25) is 0 Å². The number of aryl methyl sites for hydroxylation is 2. The molecule has 0 unspecified atom stereocenters. The molecule has 1 aromatic rings. The van der Waals surface area contributed by atoms with Gasteiger partial charge >= 0.3 is 0 Å². The minimum atomic E-state index is -0.0133. The van der Waals surface area contributed by atoms with E-state index < -0.39 is 0 Å². The average molecular weight is 237 g/mol. The number of hydrogen-bond acceptors (Lipinski definition) is 2. The minimum Gasteiger partial charge on any atom is -0.466 e. The third-order valence-corrected chi connectivity index (χ3v) is 3.03. The van der Waals surface area contributed by atoms with E-state index in [0.29, 0.717) is 17.2 Å². The highest BCUT2D eigenvalue weighted by Crippen LogP contribution is 2.20. The standard InChI is InChI=1S/C14H23NO2/c1-9(2)7-6-8-15-14(16)13-10(3)11(4)17-12(13)5/h9H,6-8H2,1-5H3,(H,15,16). The highest BCUT2D eigenvalue weighted by atomic mass is 16.3. The summed E-state index contributed by atoms with van der Waals surface area (Å²) in [5.74, 6) is 2.21. The zero-order valence-corrected chi connectivity index (χ0v) is 11.5. The van der Waals surface area contributed by atoms with Crippen LogP contribution in [0.25, 0.3) is 0 Å². The normalized spacial score (nSPS) is 10.9. The lowest BCUT2D eigenvalue weighted by Crippen LogP contribution is -2.25. The number of rotatable bonds is 5. The Morgan fingerprint density at radius 3 is 2.35 bits per heavy atom. The molecule has 0 aromatic carbocycles. The Labute approximate surface area is 104 Å². The molecule has 1 heterocycles. The quantitative estimate of drug-likeness (QED) is 0.798. The summed E-state index contributed by atoms with van der Waals surface area (Å²) in [5, 5.41) is 2.95. The second-order valence-electron chi connectivity index (χ2n) is 5.01. The van der Waals surface area contributed by atoms with Crippen molar-refractivity contribution in [1.29, 1.82) is 0 Å². The first-order chi connectivity index (χ1) is 7.93. The second-order valence-corrected chi connectivity index (χ2v) is 5.01.